The summed E-state index contributed by atoms with van der Waals surface area (Å²) in [5.74, 6) is 0.333. The number of pyridine rings is 1. The molecule has 4 rings (SSSR count). The van der Waals surface area contributed by atoms with E-state index in [4.69, 9.17) is 8.94 Å². The van der Waals surface area contributed by atoms with Crippen molar-refractivity contribution < 1.29 is 23.6 Å². The number of rotatable bonds is 3. The number of carbonyl (C=O) groups is 2. The molecule has 1 amide bonds. The molecule has 0 aromatic carbocycles. The minimum atomic E-state index is -0.987. The third kappa shape index (κ3) is 3.28. The number of nitrogens with zero attached hydrogens (tertiary/aromatic N) is 3. The number of aromatic nitrogens is 2. The van der Waals surface area contributed by atoms with E-state index in [1.54, 1.807) is 13.0 Å². The van der Waals surface area contributed by atoms with Crippen LogP contribution in [0.15, 0.2) is 21.1 Å². The van der Waals surface area contributed by atoms with Gasteiger partial charge >= 0.3 is 5.97 Å². The molecule has 2 atom stereocenters. The van der Waals surface area contributed by atoms with Gasteiger partial charge in [0.05, 0.1) is 22.3 Å². The molecule has 1 N–H and O–H groups in total. The minimum Gasteiger partial charge on any atom is -0.480 e. The molecule has 8 heteroatoms. The number of aryl methyl sites for hydroxylation is 3. The Kier molecular flexibility index (Phi) is 4.64. The van der Waals surface area contributed by atoms with E-state index in [0.717, 1.165) is 17.7 Å². The molecule has 29 heavy (non-hydrogen) atoms. The maximum atomic E-state index is 13.5. The van der Waals surface area contributed by atoms with Gasteiger partial charge in [0.25, 0.3) is 11.6 Å². The summed E-state index contributed by atoms with van der Waals surface area (Å²) in [6, 6.07) is 2.68. The van der Waals surface area contributed by atoms with Gasteiger partial charge in [-0.3, -0.25) is 4.79 Å². The number of carboxylic acid groups (broad SMARTS) is 1. The fraction of sp³-hybridized carbons (Fsp3) is 0.429. The van der Waals surface area contributed by atoms with Crippen molar-refractivity contribution in [1.29, 1.82) is 0 Å². The van der Waals surface area contributed by atoms with Crippen LogP contribution in [0.25, 0.3) is 22.4 Å². The van der Waals surface area contributed by atoms with Crippen molar-refractivity contribution in [2.45, 2.75) is 46.6 Å². The fourth-order valence-electron chi connectivity index (χ4n) is 4.06. The van der Waals surface area contributed by atoms with Crippen LogP contribution in [0.4, 0.5) is 0 Å². The van der Waals surface area contributed by atoms with Gasteiger partial charge in [0.2, 0.25) is 0 Å². The van der Waals surface area contributed by atoms with Gasteiger partial charge in [-0.25, -0.2) is 9.78 Å². The van der Waals surface area contributed by atoms with Crippen LogP contribution in [0.3, 0.4) is 0 Å². The van der Waals surface area contributed by atoms with Gasteiger partial charge in [-0.15, -0.1) is 0 Å². The molecule has 1 aliphatic heterocycles. The lowest BCUT2D eigenvalue weighted by Gasteiger charge is -2.36. The Morgan fingerprint density at radius 3 is 2.66 bits per heavy atom. The summed E-state index contributed by atoms with van der Waals surface area (Å²) in [5.41, 5.74) is 2.43. The highest BCUT2D eigenvalue weighted by Crippen LogP contribution is 2.32. The van der Waals surface area contributed by atoms with Crippen molar-refractivity contribution in [2.75, 3.05) is 6.54 Å². The number of likely N-dealkylation sites (tertiary alicyclic amines) is 1. The van der Waals surface area contributed by atoms with Crippen LogP contribution in [0.5, 0.6) is 0 Å². The predicted molar refractivity (Wildman–Crippen MR) is 105 cm³/mol. The number of aliphatic carboxylic acids is 1. The van der Waals surface area contributed by atoms with Gasteiger partial charge in [0.1, 0.15) is 17.6 Å². The summed E-state index contributed by atoms with van der Waals surface area (Å²) in [7, 11) is 0. The topological polar surface area (TPSA) is 110 Å². The first-order chi connectivity index (χ1) is 13.8. The SMILES string of the molecule is Cc1cc(-c2cc(C(=O)N3CCC(C)CC3C(=O)O)c3c(C)noc3n2)c(C)o1. The first-order valence-corrected chi connectivity index (χ1v) is 9.64. The van der Waals surface area contributed by atoms with Gasteiger partial charge in [0.15, 0.2) is 0 Å². The van der Waals surface area contributed by atoms with E-state index < -0.39 is 12.0 Å². The maximum absolute atomic E-state index is 13.5. The lowest BCUT2D eigenvalue weighted by atomic mass is 9.91. The summed E-state index contributed by atoms with van der Waals surface area (Å²) in [4.78, 5) is 31.3. The smallest absolute Gasteiger partial charge is 0.326 e. The fourth-order valence-corrected chi connectivity index (χ4v) is 4.06. The van der Waals surface area contributed by atoms with Gasteiger partial charge in [-0.2, -0.15) is 0 Å². The van der Waals surface area contributed by atoms with Gasteiger partial charge < -0.3 is 18.9 Å². The van der Waals surface area contributed by atoms with Crippen molar-refractivity contribution in [3.63, 3.8) is 0 Å². The van der Waals surface area contributed by atoms with E-state index in [-0.39, 0.29) is 17.5 Å². The number of carboxylic acids is 1. The van der Waals surface area contributed by atoms with Gasteiger partial charge in [0, 0.05) is 12.1 Å². The normalized spacial score (nSPS) is 19.7. The molecule has 0 spiro atoms. The third-order valence-electron chi connectivity index (χ3n) is 5.58. The lowest BCUT2D eigenvalue weighted by Crippen LogP contribution is -2.49. The Balaban J connectivity index is 1.85. The molecule has 0 aliphatic carbocycles. The van der Waals surface area contributed by atoms with Crippen molar-refractivity contribution in [3.05, 3.63) is 34.9 Å². The van der Waals surface area contributed by atoms with Crippen LogP contribution in [-0.4, -0.2) is 44.6 Å². The van der Waals surface area contributed by atoms with Crippen molar-refractivity contribution in [3.8, 4) is 11.3 Å². The summed E-state index contributed by atoms with van der Waals surface area (Å²) >= 11 is 0. The number of piperidine rings is 1. The van der Waals surface area contributed by atoms with Gasteiger partial charge in [-0.1, -0.05) is 12.1 Å². The highest BCUT2D eigenvalue weighted by atomic mass is 16.5. The van der Waals surface area contributed by atoms with Crippen molar-refractivity contribution >= 4 is 23.0 Å². The Bertz CT molecular complexity index is 1110. The number of fused-ring (bicyclic) bond motifs is 1. The zero-order chi connectivity index (χ0) is 20.9. The second-order valence-electron chi connectivity index (χ2n) is 7.81. The van der Waals surface area contributed by atoms with E-state index >= 15 is 0 Å². The molecule has 3 aromatic rings. The molecule has 1 fully saturated rings. The zero-order valence-corrected chi connectivity index (χ0v) is 16.9. The molecule has 0 saturated carbocycles. The highest BCUT2D eigenvalue weighted by molar-refractivity contribution is 6.08. The minimum absolute atomic E-state index is 0.249. The predicted octanol–water partition coefficient (Wildman–Crippen LogP) is 3.73. The first kappa shape index (κ1) is 19.2. The monoisotopic (exact) mass is 397 g/mol. The Hall–Kier alpha value is -3.16. The van der Waals surface area contributed by atoms with Crippen LogP contribution >= 0.6 is 0 Å². The molecule has 0 bridgehead atoms. The number of hydrogen-bond acceptors (Lipinski definition) is 6. The number of hydrogen-bond donors (Lipinski definition) is 1. The second-order valence-corrected chi connectivity index (χ2v) is 7.81. The molecule has 152 valence electrons. The van der Waals surface area contributed by atoms with Crippen LogP contribution < -0.4 is 0 Å². The Labute approximate surface area is 167 Å². The zero-order valence-electron chi connectivity index (χ0n) is 16.9. The van der Waals surface area contributed by atoms with E-state index in [1.807, 2.05) is 26.8 Å². The molecule has 1 saturated heterocycles. The molecule has 1 aliphatic rings. The third-order valence-corrected chi connectivity index (χ3v) is 5.58. The second kappa shape index (κ2) is 7.02. The summed E-state index contributed by atoms with van der Waals surface area (Å²) in [6.45, 7) is 7.81. The molecule has 8 nitrogen and oxygen atoms in total. The largest absolute Gasteiger partial charge is 0.480 e. The van der Waals surface area contributed by atoms with E-state index in [9.17, 15) is 14.7 Å². The number of amides is 1. The molecule has 2 unspecified atom stereocenters. The first-order valence-electron chi connectivity index (χ1n) is 9.64. The van der Waals surface area contributed by atoms with E-state index in [2.05, 4.69) is 10.1 Å². The average molecular weight is 397 g/mol. The quantitative estimate of drug-likeness (QED) is 0.717. The molecule has 3 aromatic heterocycles. The summed E-state index contributed by atoms with van der Waals surface area (Å²) in [5, 5.41) is 14.2. The maximum Gasteiger partial charge on any atom is 0.326 e. The Morgan fingerprint density at radius 1 is 1.24 bits per heavy atom. The molecule has 4 heterocycles. The molecular weight excluding hydrogens is 374 g/mol. The molecule has 0 radical (unpaired) electrons. The van der Waals surface area contributed by atoms with E-state index in [0.29, 0.717) is 41.1 Å². The number of carbonyl (C=O) groups excluding carboxylic acids is 1. The lowest BCUT2D eigenvalue weighted by molar-refractivity contribution is -0.144. The van der Waals surface area contributed by atoms with E-state index in [1.165, 1.54) is 4.90 Å². The van der Waals surface area contributed by atoms with Gasteiger partial charge in [-0.05, 0) is 51.7 Å². The summed E-state index contributed by atoms with van der Waals surface area (Å²) < 4.78 is 11.0. The van der Waals surface area contributed by atoms with Crippen molar-refractivity contribution in [1.82, 2.24) is 15.0 Å². The average Bonchev–Trinajstić information content (AvgIpc) is 3.22. The number of furan rings is 1. The standard InChI is InChI=1S/C21H23N3O5/c1-10-5-6-24(17(7-10)21(26)27)20(25)15-9-16(14-8-11(2)28-13(14)4)22-19-18(15)12(3)23-29-19/h8-10,17H,5-7H2,1-4H3,(H,26,27). The van der Waals surface area contributed by atoms with Crippen LogP contribution in [-0.2, 0) is 4.79 Å². The van der Waals surface area contributed by atoms with Crippen LogP contribution in [0.1, 0.15) is 47.3 Å². The summed E-state index contributed by atoms with van der Waals surface area (Å²) in [6.07, 6.45) is 1.20. The Morgan fingerprint density at radius 2 is 2.00 bits per heavy atom. The molecular formula is C21H23N3O5. The highest BCUT2D eigenvalue weighted by Gasteiger charge is 2.36. The van der Waals surface area contributed by atoms with Crippen LogP contribution in [0, 0.1) is 26.7 Å². The van der Waals surface area contributed by atoms with Crippen LogP contribution in [0.2, 0.25) is 0 Å². The van der Waals surface area contributed by atoms with Crippen molar-refractivity contribution in [2.24, 2.45) is 5.92 Å².